The summed E-state index contributed by atoms with van der Waals surface area (Å²) in [6.45, 7) is 2.48. The highest BCUT2D eigenvalue weighted by molar-refractivity contribution is 8.00. The quantitative estimate of drug-likeness (QED) is 0.368. The van der Waals surface area contributed by atoms with E-state index in [4.69, 9.17) is 10.5 Å². The van der Waals surface area contributed by atoms with Gasteiger partial charge < -0.3 is 10.5 Å². The molecule has 94 valence electrons. The first-order valence-corrected chi connectivity index (χ1v) is 6.45. The minimum Gasteiger partial charge on any atom is -0.465 e. The fraction of sp³-hybridized carbons (Fsp3) is 0.417. The second kappa shape index (κ2) is 7.17. The van der Waals surface area contributed by atoms with Gasteiger partial charge in [-0.25, -0.2) is 4.39 Å². The maximum absolute atomic E-state index is 12.8. The number of rotatable bonds is 6. The summed E-state index contributed by atoms with van der Waals surface area (Å²) in [5.74, 6) is -0.455. The Kier molecular flexibility index (Phi) is 5.83. The summed E-state index contributed by atoms with van der Waals surface area (Å²) >= 11 is 1.26. The summed E-state index contributed by atoms with van der Waals surface area (Å²) in [7, 11) is 0. The molecular formula is C12H16FNO2S. The lowest BCUT2D eigenvalue weighted by molar-refractivity contribution is -0.140. The standard InChI is InChI=1S/C12H16FNO2S/c1-2-3-6-16-12(15)8-17-11-5-4-9(13)7-10(11)14/h4-5,7H,2-3,6,8,14H2,1H3. The van der Waals surface area contributed by atoms with Gasteiger partial charge in [0.25, 0.3) is 0 Å². The van der Waals surface area contributed by atoms with E-state index < -0.39 is 0 Å². The first kappa shape index (κ1) is 13.8. The van der Waals surface area contributed by atoms with E-state index in [2.05, 4.69) is 0 Å². The van der Waals surface area contributed by atoms with E-state index in [1.54, 1.807) is 6.07 Å². The molecule has 0 saturated carbocycles. The molecule has 0 bridgehead atoms. The number of halogens is 1. The molecule has 0 heterocycles. The maximum atomic E-state index is 12.8. The molecule has 2 N–H and O–H groups in total. The minimum absolute atomic E-state index is 0.194. The van der Waals surface area contributed by atoms with Crippen molar-refractivity contribution in [1.29, 1.82) is 0 Å². The minimum atomic E-state index is -0.377. The van der Waals surface area contributed by atoms with Crippen LogP contribution in [0.5, 0.6) is 0 Å². The van der Waals surface area contributed by atoms with Gasteiger partial charge >= 0.3 is 5.97 Å². The molecule has 0 aliphatic rings. The van der Waals surface area contributed by atoms with Crippen molar-refractivity contribution in [3.8, 4) is 0 Å². The number of anilines is 1. The predicted molar refractivity (Wildman–Crippen MR) is 67.4 cm³/mol. The van der Waals surface area contributed by atoms with Crippen molar-refractivity contribution in [3.05, 3.63) is 24.0 Å². The van der Waals surface area contributed by atoms with Gasteiger partial charge in [-0.15, -0.1) is 11.8 Å². The van der Waals surface area contributed by atoms with Crippen molar-refractivity contribution in [2.45, 2.75) is 24.7 Å². The Bertz CT molecular complexity index is 385. The molecule has 0 saturated heterocycles. The fourth-order valence-electron chi connectivity index (χ4n) is 1.16. The highest BCUT2D eigenvalue weighted by Gasteiger charge is 2.06. The largest absolute Gasteiger partial charge is 0.465 e. The van der Waals surface area contributed by atoms with Gasteiger partial charge in [-0.1, -0.05) is 13.3 Å². The molecule has 3 nitrogen and oxygen atoms in total. The number of unbranched alkanes of at least 4 members (excludes halogenated alkanes) is 1. The van der Waals surface area contributed by atoms with E-state index >= 15 is 0 Å². The number of nitrogens with two attached hydrogens (primary N) is 1. The number of thioether (sulfide) groups is 1. The summed E-state index contributed by atoms with van der Waals surface area (Å²) in [5, 5.41) is 0. The monoisotopic (exact) mass is 257 g/mol. The summed E-state index contributed by atoms with van der Waals surface area (Å²) < 4.78 is 17.8. The number of carbonyl (C=O) groups is 1. The SMILES string of the molecule is CCCCOC(=O)CSc1ccc(F)cc1N. The second-order valence-corrected chi connectivity index (χ2v) is 4.56. The Labute approximate surface area is 105 Å². The van der Waals surface area contributed by atoms with Crippen molar-refractivity contribution in [2.75, 3.05) is 18.1 Å². The zero-order valence-corrected chi connectivity index (χ0v) is 10.6. The van der Waals surface area contributed by atoms with Crippen LogP contribution in [0.4, 0.5) is 10.1 Å². The van der Waals surface area contributed by atoms with Crippen molar-refractivity contribution in [2.24, 2.45) is 0 Å². The van der Waals surface area contributed by atoms with Gasteiger partial charge in [0.05, 0.1) is 12.4 Å². The molecule has 0 aromatic heterocycles. The average molecular weight is 257 g/mol. The van der Waals surface area contributed by atoms with Crippen LogP contribution >= 0.6 is 11.8 Å². The highest BCUT2D eigenvalue weighted by Crippen LogP contribution is 2.25. The molecular weight excluding hydrogens is 241 g/mol. The first-order chi connectivity index (χ1) is 8.13. The van der Waals surface area contributed by atoms with Crippen LogP contribution < -0.4 is 5.73 Å². The van der Waals surface area contributed by atoms with E-state index in [0.29, 0.717) is 17.2 Å². The lowest BCUT2D eigenvalue weighted by Gasteiger charge is -2.06. The fourth-order valence-corrected chi connectivity index (χ4v) is 1.91. The van der Waals surface area contributed by atoms with Gasteiger partial charge in [0, 0.05) is 10.6 Å². The summed E-state index contributed by atoms with van der Waals surface area (Å²) in [5.41, 5.74) is 5.96. The first-order valence-electron chi connectivity index (χ1n) is 5.47. The molecule has 0 fully saturated rings. The third kappa shape index (κ3) is 5.08. The van der Waals surface area contributed by atoms with Crippen LogP contribution in [-0.4, -0.2) is 18.3 Å². The molecule has 1 aromatic rings. The number of esters is 1. The molecule has 0 radical (unpaired) electrons. The van der Waals surface area contributed by atoms with Gasteiger partial charge in [0.1, 0.15) is 5.82 Å². The van der Waals surface area contributed by atoms with Gasteiger partial charge in [-0.2, -0.15) is 0 Å². The van der Waals surface area contributed by atoms with Gasteiger partial charge in [0.2, 0.25) is 0 Å². The number of nitrogen functional groups attached to an aromatic ring is 1. The lowest BCUT2D eigenvalue weighted by atomic mass is 10.3. The third-order valence-electron chi connectivity index (χ3n) is 2.08. The number of hydrogen-bond donors (Lipinski definition) is 1. The highest BCUT2D eigenvalue weighted by atomic mass is 32.2. The van der Waals surface area contributed by atoms with Gasteiger partial charge in [-0.3, -0.25) is 4.79 Å². The number of benzene rings is 1. The van der Waals surface area contributed by atoms with Crippen LogP contribution in [0.3, 0.4) is 0 Å². The molecule has 5 heteroatoms. The molecule has 0 spiro atoms. The summed E-state index contributed by atoms with van der Waals surface area (Å²) in [6, 6.07) is 4.13. The van der Waals surface area contributed by atoms with Crippen molar-refractivity contribution >= 4 is 23.4 Å². The van der Waals surface area contributed by atoms with Crippen molar-refractivity contribution in [3.63, 3.8) is 0 Å². The zero-order chi connectivity index (χ0) is 12.7. The average Bonchev–Trinajstić information content (AvgIpc) is 2.28. The molecule has 17 heavy (non-hydrogen) atoms. The lowest BCUT2D eigenvalue weighted by Crippen LogP contribution is -2.08. The molecule has 0 atom stereocenters. The zero-order valence-electron chi connectivity index (χ0n) is 9.74. The second-order valence-electron chi connectivity index (χ2n) is 3.54. The Morgan fingerprint density at radius 2 is 2.29 bits per heavy atom. The van der Waals surface area contributed by atoms with Crippen LogP contribution in [0.1, 0.15) is 19.8 Å². The summed E-state index contributed by atoms with van der Waals surface area (Å²) in [6.07, 6.45) is 1.86. The molecule has 0 aliphatic heterocycles. The van der Waals surface area contributed by atoms with Crippen LogP contribution in [0, 0.1) is 5.82 Å². The van der Waals surface area contributed by atoms with E-state index in [1.165, 1.54) is 23.9 Å². The Morgan fingerprint density at radius 3 is 2.94 bits per heavy atom. The van der Waals surface area contributed by atoms with Crippen molar-refractivity contribution < 1.29 is 13.9 Å². The van der Waals surface area contributed by atoms with E-state index in [9.17, 15) is 9.18 Å². The van der Waals surface area contributed by atoms with Crippen LogP contribution in [0.15, 0.2) is 23.1 Å². The molecule has 0 aliphatic carbocycles. The topological polar surface area (TPSA) is 52.3 Å². The smallest absolute Gasteiger partial charge is 0.316 e. The maximum Gasteiger partial charge on any atom is 0.316 e. The third-order valence-corrected chi connectivity index (χ3v) is 3.14. The predicted octanol–water partition coefficient (Wildman–Crippen LogP) is 2.84. The number of hydrogen-bond acceptors (Lipinski definition) is 4. The van der Waals surface area contributed by atoms with Crippen LogP contribution in [0.25, 0.3) is 0 Å². The van der Waals surface area contributed by atoms with Gasteiger partial charge in [0.15, 0.2) is 0 Å². The van der Waals surface area contributed by atoms with Crippen molar-refractivity contribution in [1.82, 2.24) is 0 Å². The normalized spacial score (nSPS) is 10.2. The molecule has 1 aromatic carbocycles. The summed E-state index contributed by atoms with van der Waals surface area (Å²) in [4.78, 5) is 12.0. The Morgan fingerprint density at radius 1 is 1.53 bits per heavy atom. The number of carbonyl (C=O) groups excluding carboxylic acids is 1. The molecule has 0 amide bonds. The molecule has 0 unspecified atom stereocenters. The Balaban J connectivity index is 2.37. The van der Waals surface area contributed by atoms with E-state index in [0.717, 1.165) is 12.8 Å². The number of ether oxygens (including phenoxy) is 1. The van der Waals surface area contributed by atoms with Gasteiger partial charge in [-0.05, 0) is 24.6 Å². The molecule has 1 rings (SSSR count). The van der Waals surface area contributed by atoms with Crippen LogP contribution in [0.2, 0.25) is 0 Å². The van der Waals surface area contributed by atoms with Crippen LogP contribution in [-0.2, 0) is 9.53 Å². The van der Waals surface area contributed by atoms with E-state index in [1.807, 2.05) is 6.92 Å². The Hall–Kier alpha value is -1.23. The van der Waals surface area contributed by atoms with E-state index in [-0.39, 0.29) is 17.5 Å².